The molecule has 0 radical (unpaired) electrons. The van der Waals surface area contributed by atoms with Crippen LogP contribution in [0.2, 0.25) is 0 Å². The Morgan fingerprint density at radius 3 is 2.19 bits per heavy atom. The van der Waals surface area contributed by atoms with Crippen LogP contribution in [-0.4, -0.2) is 62.0 Å². The summed E-state index contributed by atoms with van der Waals surface area (Å²) in [6.45, 7) is 6.11. The van der Waals surface area contributed by atoms with E-state index in [9.17, 15) is 13.2 Å². The number of carbonyl (C=O) groups is 1. The first-order chi connectivity index (χ1) is 12.4. The number of benzene rings is 1. The maximum Gasteiger partial charge on any atom is 0.265 e. The summed E-state index contributed by atoms with van der Waals surface area (Å²) in [5.41, 5.74) is 3.34. The Morgan fingerprint density at radius 2 is 1.62 bits per heavy atom. The average Bonchev–Trinajstić information content (AvgIpc) is 2.62. The van der Waals surface area contributed by atoms with Crippen molar-refractivity contribution < 1.29 is 17.9 Å². The Bertz CT molecular complexity index is 719. The van der Waals surface area contributed by atoms with Gasteiger partial charge in [-0.1, -0.05) is 6.42 Å². The first kappa shape index (κ1) is 19.3. The van der Waals surface area contributed by atoms with Crippen LogP contribution in [0.3, 0.4) is 0 Å². The zero-order valence-corrected chi connectivity index (χ0v) is 16.2. The van der Waals surface area contributed by atoms with Crippen LogP contribution < -0.4 is 5.43 Å². The Labute approximate surface area is 155 Å². The largest absolute Gasteiger partial charge is 0.373 e. The third-order valence-corrected chi connectivity index (χ3v) is 6.60. The van der Waals surface area contributed by atoms with Crippen LogP contribution in [0.5, 0.6) is 0 Å². The van der Waals surface area contributed by atoms with E-state index in [2.05, 4.69) is 5.43 Å². The molecule has 0 spiro atoms. The molecule has 0 unspecified atom stereocenters. The number of carbonyl (C=O) groups excluding carboxylic acids is 1. The SMILES string of the molecule is C[C@H]1CN(S(=O)(=O)c2ccc(C(=O)NN3CCCCC3)cc2)C[C@H](C)O1. The number of hydrazine groups is 1. The highest BCUT2D eigenvalue weighted by atomic mass is 32.2. The number of nitrogens with zero attached hydrogens (tertiary/aromatic N) is 2. The van der Waals surface area contributed by atoms with Crippen LogP contribution in [0.4, 0.5) is 0 Å². The van der Waals surface area contributed by atoms with Crippen molar-refractivity contribution in [2.75, 3.05) is 26.2 Å². The van der Waals surface area contributed by atoms with E-state index in [1.54, 1.807) is 12.1 Å². The molecule has 0 aromatic heterocycles. The predicted molar refractivity (Wildman–Crippen MR) is 98.1 cm³/mol. The number of piperidine rings is 1. The Kier molecular flexibility index (Phi) is 5.96. The second-order valence-electron chi connectivity index (χ2n) is 7.09. The summed E-state index contributed by atoms with van der Waals surface area (Å²) in [6.07, 6.45) is 3.07. The van der Waals surface area contributed by atoms with Crippen molar-refractivity contribution in [1.29, 1.82) is 0 Å². The lowest BCUT2D eigenvalue weighted by Crippen LogP contribution is -2.48. The monoisotopic (exact) mass is 381 g/mol. The van der Waals surface area contributed by atoms with Crippen molar-refractivity contribution in [1.82, 2.24) is 14.7 Å². The number of ether oxygens (including phenoxy) is 1. The maximum absolute atomic E-state index is 12.8. The molecule has 2 atom stereocenters. The molecule has 2 heterocycles. The molecule has 2 fully saturated rings. The first-order valence-corrected chi connectivity index (χ1v) is 10.6. The number of morpholine rings is 1. The first-order valence-electron chi connectivity index (χ1n) is 9.18. The summed E-state index contributed by atoms with van der Waals surface area (Å²) in [4.78, 5) is 12.5. The third kappa shape index (κ3) is 4.43. The van der Waals surface area contributed by atoms with Gasteiger partial charge in [0.05, 0.1) is 17.1 Å². The van der Waals surface area contributed by atoms with Crippen molar-refractivity contribution in [3.63, 3.8) is 0 Å². The second kappa shape index (κ2) is 8.04. The molecule has 0 bridgehead atoms. The summed E-state index contributed by atoms with van der Waals surface area (Å²) < 4.78 is 32.7. The Hall–Kier alpha value is -1.48. The molecule has 2 aliphatic rings. The second-order valence-corrected chi connectivity index (χ2v) is 9.03. The lowest BCUT2D eigenvalue weighted by Gasteiger charge is -2.34. The van der Waals surface area contributed by atoms with Crippen LogP contribution in [0.1, 0.15) is 43.5 Å². The lowest BCUT2D eigenvalue weighted by molar-refractivity contribution is -0.0440. The smallest absolute Gasteiger partial charge is 0.265 e. The standard InChI is InChI=1S/C18H27N3O4S/c1-14-12-21(13-15(2)25-14)26(23,24)17-8-6-16(7-9-17)18(22)19-20-10-4-3-5-11-20/h6-9,14-15H,3-5,10-13H2,1-2H3,(H,19,22)/t14-,15-/m0/s1. The fourth-order valence-electron chi connectivity index (χ4n) is 3.47. The van der Waals surface area contributed by atoms with Crippen LogP contribution in [-0.2, 0) is 14.8 Å². The summed E-state index contributed by atoms with van der Waals surface area (Å²) >= 11 is 0. The molecule has 1 N–H and O–H groups in total. The molecule has 3 rings (SSSR count). The van der Waals surface area contributed by atoms with Crippen LogP contribution in [0.25, 0.3) is 0 Å². The van der Waals surface area contributed by atoms with Crippen molar-refractivity contribution in [3.8, 4) is 0 Å². The van der Waals surface area contributed by atoms with Crippen LogP contribution >= 0.6 is 0 Å². The van der Waals surface area contributed by atoms with Gasteiger partial charge in [0.25, 0.3) is 5.91 Å². The molecule has 144 valence electrons. The van der Waals surface area contributed by atoms with Gasteiger partial charge >= 0.3 is 0 Å². The van der Waals surface area contributed by atoms with Gasteiger partial charge in [-0.05, 0) is 51.0 Å². The highest BCUT2D eigenvalue weighted by Crippen LogP contribution is 2.21. The third-order valence-electron chi connectivity index (χ3n) is 4.76. The van der Waals surface area contributed by atoms with Gasteiger partial charge in [0, 0.05) is 31.7 Å². The normalized spacial score (nSPS) is 25.8. The van der Waals surface area contributed by atoms with E-state index in [0.717, 1.165) is 25.9 Å². The van der Waals surface area contributed by atoms with E-state index in [1.165, 1.54) is 22.9 Å². The average molecular weight is 381 g/mol. The molecule has 8 heteroatoms. The number of rotatable bonds is 4. The molecule has 1 aromatic rings. The minimum atomic E-state index is -3.59. The molecule has 2 saturated heterocycles. The van der Waals surface area contributed by atoms with Gasteiger partial charge in [-0.15, -0.1) is 0 Å². The molecule has 2 aliphatic heterocycles. The van der Waals surface area contributed by atoms with E-state index < -0.39 is 10.0 Å². The number of amides is 1. The van der Waals surface area contributed by atoms with Crippen LogP contribution in [0, 0.1) is 0 Å². The highest BCUT2D eigenvalue weighted by Gasteiger charge is 2.32. The molecule has 0 aliphatic carbocycles. The fraction of sp³-hybridized carbons (Fsp3) is 0.611. The summed E-state index contributed by atoms with van der Waals surface area (Å²) in [6, 6.07) is 6.15. The van der Waals surface area contributed by atoms with Crippen molar-refractivity contribution in [2.24, 2.45) is 0 Å². The zero-order chi connectivity index (χ0) is 18.7. The molecule has 26 heavy (non-hydrogen) atoms. The molecular formula is C18H27N3O4S. The van der Waals surface area contributed by atoms with Gasteiger partial charge in [0.15, 0.2) is 0 Å². The van der Waals surface area contributed by atoms with Gasteiger partial charge in [0.1, 0.15) is 0 Å². The topological polar surface area (TPSA) is 79.0 Å². The Morgan fingerprint density at radius 1 is 1.04 bits per heavy atom. The lowest BCUT2D eigenvalue weighted by atomic mass is 10.1. The number of sulfonamides is 1. The van der Waals surface area contributed by atoms with E-state index in [4.69, 9.17) is 4.74 Å². The minimum absolute atomic E-state index is 0.136. The number of nitrogens with one attached hydrogen (secondary N) is 1. The molecule has 7 nitrogen and oxygen atoms in total. The number of hydrogen-bond donors (Lipinski definition) is 1. The predicted octanol–water partition coefficient (Wildman–Crippen LogP) is 1.62. The molecule has 1 aromatic carbocycles. The van der Waals surface area contributed by atoms with E-state index in [0.29, 0.717) is 18.7 Å². The molecular weight excluding hydrogens is 354 g/mol. The van der Waals surface area contributed by atoms with Gasteiger partial charge in [-0.3, -0.25) is 10.2 Å². The van der Waals surface area contributed by atoms with E-state index in [-0.39, 0.29) is 23.0 Å². The van der Waals surface area contributed by atoms with Crippen molar-refractivity contribution in [2.45, 2.75) is 50.2 Å². The van der Waals surface area contributed by atoms with Gasteiger partial charge < -0.3 is 4.74 Å². The quantitative estimate of drug-likeness (QED) is 0.857. The van der Waals surface area contributed by atoms with Gasteiger partial charge in [-0.2, -0.15) is 4.31 Å². The summed E-state index contributed by atoms with van der Waals surface area (Å²) in [5, 5.41) is 1.92. The summed E-state index contributed by atoms with van der Waals surface area (Å²) in [5.74, 6) is -0.204. The Balaban J connectivity index is 1.69. The van der Waals surface area contributed by atoms with Crippen LogP contribution in [0.15, 0.2) is 29.2 Å². The molecule has 1 amide bonds. The van der Waals surface area contributed by atoms with Gasteiger partial charge in [-0.25, -0.2) is 13.4 Å². The zero-order valence-electron chi connectivity index (χ0n) is 15.3. The van der Waals surface area contributed by atoms with E-state index >= 15 is 0 Å². The number of hydrogen-bond acceptors (Lipinski definition) is 5. The molecule has 0 saturated carbocycles. The van der Waals surface area contributed by atoms with Crippen molar-refractivity contribution in [3.05, 3.63) is 29.8 Å². The highest BCUT2D eigenvalue weighted by molar-refractivity contribution is 7.89. The van der Waals surface area contributed by atoms with Crippen molar-refractivity contribution >= 4 is 15.9 Å². The van der Waals surface area contributed by atoms with Gasteiger partial charge in [0.2, 0.25) is 10.0 Å². The minimum Gasteiger partial charge on any atom is -0.373 e. The fourth-order valence-corrected chi connectivity index (χ4v) is 5.06. The van der Waals surface area contributed by atoms with E-state index in [1.807, 2.05) is 18.9 Å². The summed E-state index contributed by atoms with van der Waals surface area (Å²) in [7, 11) is -3.59. The maximum atomic E-state index is 12.8.